The third-order valence-corrected chi connectivity index (χ3v) is 5.33. The molecule has 1 saturated heterocycles. The Labute approximate surface area is 111 Å². The number of nitrogens with two attached hydrogens (primary N) is 1. The van der Waals surface area contributed by atoms with Gasteiger partial charge in [-0.25, -0.2) is 0 Å². The van der Waals surface area contributed by atoms with E-state index in [-0.39, 0.29) is 6.04 Å². The van der Waals surface area contributed by atoms with E-state index in [2.05, 4.69) is 11.6 Å². The van der Waals surface area contributed by atoms with E-state index in [4.69, 9.17) is 5.73 Å². The van der Waals surface area contributed by atoms with Crippen LogP contribution in [0.3, 0.4) is 0 Å². The van der Waals surface area contributed by atoms with E-state index in [1.54, 1.807) is 4.31 Å². The van der Waals surface area contributed by atoms with Gasteiger partial charge in [0.15, 0.2) is 0 Å². The van der Waals surface area contributed by atoms with E-state index < -0.39 is 15.7 Å². The Morgan fingerprint density at radius 2 is 2.00 bits per heavy atom. The van der Waals surface area contributed by atoms with Crippen molar-refractivity contribution in [1.29, 1.82) is 0 Å². The average Bonchev–Trinajstić information content (AvgIpc) is 2.24. The van der Waals surface area contributed by atoms with Crippen LogP contribution in [-0.4, -0.2) is 37.4 Å². The Hall–Kier alpha value is -0.170. The molecule has 1 rings (SSSR count). The van der Waals surface area contributed by atoms with Crippen LogP contribution in [0.1, 0.15) is 47.0 Å². The van der Waals surface area contributed by atoms with E-state index >= 15 is 0 Å². The summed E-state index contributed by atoms with van der Waals surface area (Å²) in [6.45, 7) is 8.66. The smallest absolute Gasteiger partial charge is 0.280 e. The molecule has 2 atom stereocenters. The lowest BCUT2D eigenvalue weighted by Gasteiger charge is -2.39. The van der Waals surface area contributed by atoms with Gasteiger partial charge in [0.1, 0.15) is 0 Å². The van der Waals surface area contributed by atoms with Crippen molar-refractivity contribution in [3.05, 3.63) is 0 Å². The fourth-order valence-electron chi connectivity index (χ4n) is 2.46. The second-order valence-electron chi connectivity index (χ2n) is 6.16. The standard InChI is InChI=1S/C12H27N3O2S/c1-5-10-6-7-15(11(8-10)9-13)18(16,17)14-12(2,3)4/h10-11,14H,5-9,13H2,1-4H3. The first-order valence-corrected chi connectivity index (χ1v) is 8.14. The molecule has 6 heteroatoms. The number of nitrogens with one attached hydrogen (secondary N) is 1. The molecule has 2 unspecified atom stereocenters. The number of rotatable bonds is 4. The summed E-state index contributed by atoms with van der Waals surface area (Å²) < 4.78 is 28.9. The molecule has 0 aliphatic carbocycles. The molecule has 0 aromatic heterocycles. The van der Waals surface area contributed by atoms with Crippen molar-refractivity contribution in [2.75, 3.05) is 13.1 Å². The molecule has 0 aromatic carbocycles. The Morgan fingerprint density at radius 3 is 2.44 bits per heavy atom. The first-order valence-electron chi connectivity index (χ1n) is 6.70. The maximum atomic E-state index is 12.3. The summed E-state index contributed by atoms with van der Waals surface area (Å²) in [5, 5.41) is 0. The lowest BCUT2D eigenvalue weighted by atomic mass is 9.90. The van der Waals surface area contributed by atoms with Gasteiger partial charge in [0.2, 0.25) is 0 Å². The van der Waals surface area contributed by atoms with Gasteiger partial charge < -0.3 is 5.73 Å². The van der Waals surface area contributed by atoms with E-state index in [0.717, 1.165) is 19.3 Å². The van der Waals surface area contributed by atoms with Crippen molar-refractivity contribution < 1.29 is 8.42 Å². The largest absolute Gasteiger partial charge is 0.329 e. The highest BCUT2D eigenvalue weighted by molar-refractivity contribution is 7.87. The second-order valence-corrected chi connectivity index (χ2v) is 7.78. The summed E-state index contributed by atoms with van der Waals surface area (Å²) in [4.78, 5) is 0. The molecule has 1 fully saturated rings. The van der Waals surface area contributed by atoms with Gasteiger partial charge in [-0.1, -0.05) is 13.3 Å². The predicted octanol–water partition coefficient (Wildman–Crippen LogP) is 1.07. The number of piperidine rings is 1. The normalized spacial score (nSPS) is 27.4. The zero-order valence-corrected chi connectivity index (χ0v) is 12.8. The molecule has 0 amide bonds. The maximum absolute atomic E-state index is 12.3. The number of nitrogens with zero attached hydrogens (tertiary/aromatic N) is 1. The summed E-state index contributed by atoms with van der Waals surface area (Å²) in [5.41, 5.74) is 5.28. The summed E-state index contributed by atoms with van der Waals surface area (Å²) in [6, 6.07) is -0.0662. The molecule has 1 aliphatic rings. The summed E-state index contributed by atoms with van der Waals surface area (Å²) in [7, 11) is -3.43. The molecule has 108 valence electrons. The second kappa shape index (κ2) is 5.86. The minimum Gasteiger partial charge on any atom is -0.329 e. The Balaban J connectivity index is 2.81. The SMILES string of the molecule is CCC1CCN(S(=O)(=O)NC(C)(C)C)C(CN)C1. The topological polar surface area (TPSA) is 75.4 Å². The van der Waals surface area contributed by atoms with E-state index in [1.165, 1.54) is 0 Å². The van der Waals surface area contributed by atoms with Gasteiger partial charge >= 0.3 is 0 Å². The third-order valence-electron chi connectivity index (χ3n) is 3.36. The van der Waals surface area contributed by atoms with Gasteiger partial charge in [-0.3, -0.25) is 0 Å². The van der Waals surface area contributed by atoms with Gasteiger partial charge in [0.05, 0.1) is 0 Å². The van der Waals surface area contributed by atoms with Crippen LogP contribution in [0, 0.1) is 5.92 Å². The van der Waals surface area contributed by atoms with Gasteiger partial charge in [-0.15, -0.1) is 0 Å². The van der Waals surface area contributed by atoms with Crippen LogP contribution >= 0.6 is 0 Å². The van der Waals surface area contributed by atoms with Crippen molar-refractivity contribution in [3.63, 3.8) is 0 Å². The van der Waals surface area contributed by atoms with Gasteiger partial charge in [0, 0.05) is 24.7 Å². The van der Waals surface area contributed by atoms with Crippen LogP contribution in [0.25, 0.3) is 0 Å². The van der Waals surface area contributed by atoms with Gasteiger partial charge in [0.25, 0.3) is 10.2 Å². The monoisotopic (exact) mass is 277 g/mol. The molecular formula is C12H27N3O2S. The molecule has 0 spiro atoms. The molecule has 1 aliphatic heterocycles. The molecule has 0 radical (unpaired) electrons. The van der Waals surface area contributed by atoms with Crippen LogP contribution in [0.2, 0.25) is 0 Å². The molecule has 0 bridgehead atoms. The maximum Gasteiger partial charge on any atom is 0.280 e. The molecule has 5 nitrogen and oxygen atoms in total. The third kappa shape index (κ3) is 4.19. The van der Waals surface area contributed by atoms with Crippen molar-refractivity contribution in [1.82, 2.24) is 9.03 Å². The minimum absolute atomic E-state index is 0.0662. The molecule has 3 N–H and O–H groups in total. The van der Waals surface area contributed by atoms with Crippen molar-refractivity contribution in [2.24, 2.45) is 11.7 Å². The molecule has 18 heavy (non-hydrogen) atoms. The zero-order valence-electron chi connectivity index (χ0n) is 11.9. The molecule has 0 aromatic rings. The van der Waals surface area contributed by atoms with E-state index in [9.17, 15) is 8.42 Å². The van der Waals surface area contributed by atoms with Crippen LogP contribution < -0.4 is 10.5 Å². The lowest BCUT2D eigenvalue weighted by molar-refractivity contribution is 0.194. The van der Waals surface area contributed by atoms with Crippen molar-refractivity contribution >= 4 is 10.2 Å². The first kappa shape index (κ1) is 15.9. The van der Waals surface area contributed by atoms with Gasteiger partial charge in [-0.2, -0.15) is 17.4 Å². The quantitative estimate of drug-likeness (QED) is 0.807. The van der Waals surface area contributed by atoms with Crippen LogP contribution in [0.5, 0.6) is 0 Å². The Kier molecular flexibility index (Phi) is 5.17. The highest BCUT2D eigenvalue weighted by Crippen LogP contribution is 2.27. The number of hydrogen-bond donors (Lipinski definition) is 2. The van der Waals surface area contributed by atoms with Crippen molar-refractivity contribution in [3.8, 4) is 0 Å². The summed E-state index contributed by atoms with van der Waals surface area (Å²) in [5.74, 6) is 0.597. The van der Waals surface area contributed by atoms with Crippen LogP contribution in [-0.2, 0) is 10.2 Å². The minimum atomic E-state index is -3.43. The molecule has 1 heterocycles. The summed E-state index contributed by atoms with van der Waals surface area (Å²) >= 11 is 0. The predicted molar refractivity (Wildman–Crippen MR) is 74.4 cm³/mol. The average molecular weight is 277 g/mol. The van der Waals surface area contributed by atoms with Gasteiger partial charge in [-0.05, 0) is 39.5 Å². The zero-order chi connectivity index (χ0) is 14.0. The Bertz CT molecular complexity index is 362. The fourth-order valence-corrected chi connectivity index (χ4v) is 4.26. The first-order chi connectivity index (χ1) is 8.19. The van der Waals surface area contributed by atoms with Crippen molar-refractivity contribution in [2.45, 2.75) is 58.5 Å². The molecular weight excluding hydrogens is 250 g/mol. The molecule has 0 saturated carbocycles. The van der Waals surface area contributed by atoms with E-state index in [0.29, 0.717) is 19.0 Å². The van der Waals surface area contributed by atoms with Crippen LogP contribution in [0.15, 0.2) is 0 Å². The highest BCUT2D eigenvalue weighted by Gasteiger charge is 2.36. The Morgan fingerprint density at radius 1 is 1.39 bits per heavy atom. The lowest BCUT2D eigenvalue weighted by Crippen LogP contribution is -2.56. The highest BCUT2D eigenvalue weighted by atomic mass is 32.2. The summed E-state index contributed by atoms with van der Waals surface area (Å²) in [6.07, 6.45) is 2.90. The number of hydrogen-bond acceptors (Lipinski definition) is 3. The fraction of sp³-hybridized carbons (Fsp3) is 1.00. The van der Waals surface area contributed by atoms with Crippen LogP contribution in [0.4, 0.5) is 0 Å². The van der Waals surface area contributed by atoms with E-state index in [1.807, 2.05) is 20.8 Å².